The van der Waals surface area contributed by atoms with Crippen LogP contribution in [0.5, 0.6) is 0 Å². The lowest BCUT2D eigenvalue weighted by atomic mass is 9.74. The summed E-state index contributed by atoms with van der Waals surface area (Å²) in [4.78, 5) is 12.6. The highest BCUT2D eigenvalue weighted by atomic mass is 35.5. The average Bonchev–Trinajstić information content (AvgIpc) is 2.47. The minimum absolute atomic E-state index is 0.174. The number of carbonyl (C=O) groups excluding carboxylic acids is 1. The van der Waals surface area contributed by atoms with E-state index in [1.807, 2.05) is 24.3 Å². The largest absolute Gasteiger partial charge is 0.352 e. The first-order valence-corrected chi connectivity index (χ1v) is 7.77. The van der Waals surface area contributed by atoms with Crippen LogP contribution in [-0.2, 0) is 11.3 Å². The smallest absolute Gasteiger partial charge is 0.226 e. The van der Waals surface area contributed by atoms with Gasteiger partial charge < -0.3 is 10.6 Å². The summed E-state index contributed by atoms with van der Waals surface area (Å²) in [7, 11) is 0. The molecular formula is C16H23ClN2O. The quantitative estimate of drug-likeness (QED) is 0.876. The average molecular weight is 295 g/mol. The van der Waals surface area contributed by atoms with Crippen LogP contribution in [0.1, 0.15) is 38.2 Å². The summed E-state index contributed by atoms with van der Waals surface area (Å²) in [5.74, 6) is 0.204. The lowest BCUT2D eigenvalue weighted by Crippen LogP contribution is -2.47. The summed E-state index contributed by atoms with van der Waals surface area (Å²) < 4.78 is 0. The molecule has 0 spiro atoms. The van der Waals surface area contributed by atoms with Crippen LogP contribution >= 0.6 is 11.6 Å². The minimum Gasteiger partial charge on any atom is -0.352 e. The molecule has 2 rings (SSSR count). The fourth-order valence-corrected chi connectivity index (χ4v) is 3.07. The molecule has 0 aliphatic carbocycles. The number of nitrogens with one attached hydrogen (secondary N) is 2. The second-order valence-electron chi connectivity index (χ2n) is 5.59. The van der Waals surface area contributed by atoms with Crippen LogP contribution < -0.4 is 10.6 Å². The summed E-state index contributed by atoms with van der Waals surface area (Å²) >= 11 is 5.87. The topological polar surface area (TPSA) is 41.1 Å². The fraction of sp³-hybridized carbons (Fsp3) is 0.562. The number of hydrogen-bond donors (Lipinski definition) is 2. The third-order valence-corrected chi connectivity index (χ3v) is 4.39. The van der Waals surface area contributed by atoms with Gasteiger partial charge in [-0.05, 0) is 50.0 Å². The van der Waals surface area contributed by atoms with Gasteiger partial charge in [0.2, 0.25) is 5.91 Å². The fourth-order valence-electron chi connectivity index (χ4n) is 2.95. The first-order valence-electron chi connectivity index (χ1n) is 7.40. The highest BCUT2D eigenvalue weighted by Gasteiger charge is 2.38. The summed E-state index contributed by atoms with van der Waals surface area (Å²) in [5.41, 5.74) is 0.912. The van der Waals surface area contributed by atoms with Gasteiger partial charge in [0.15, 0.2) is 0 Å². The molecule has 1 saturated heterocycles. The zero-order valence-electron chi connectivity index (χ0n) is 12.0. The molecule has 0 saturated carbocycles. The molecule has 0 radical (unpaired) electrons. The van der Waals surface area contributed by atoms with Crippen molar-refractivity contribution < 1.29 is 4.79 Å². The summed E-state index contributed by atoms with van der Waals surface area (Å²) in [5, 5.41) is 7.17. The van der Waals surface area contributed by atoms with Crippen molar-refractivity contribution in [1.29, 1.82) is 0 Å². The van der Waals surface area contributed by atoms with Crippen molar-refractivity contribution in [3.8, 4) is 0 Å². The minimum atomic E-state index is -0.174. The molecule has 0 aromatic heterocycles. The number of carbonyl (C=O) groups is 1. The summed E-state index contributed by atoms with van der Waals surface area (Å²) in [6.45, 7) is 4.61. The van der Waals surface area contributed by atoms with Crippen molar-refractivity contribution in [2.45, 2.75) is 39.2 Å². The van der Waals surface area contributed by atoms with Crippen LogP contribution in [0.4, 0.5) is 0 Å². The Morgan fingerprint density at radius 3 is 2.55 bits per heavy atom. The molecule has 1 amide bonds. The van der Waals surface area contributed by atoms with E-state index in [0.717, 1.165) is 49.4 Å². The van der Waals surface area contributed by atoms with Crippen LogP contribution in [0.25, 0.3) is 0 Å². The Bertz CT molecular complexity index is 433. The molecule has 2 N–H and O–H groups in total. The number of hydrogen-bond acceptors (Lipinski definition) is 2. The first-order chi connectivity index (χ1) is 9.66. The maximum atomic E-state index is 12.6. The van der Waals surface area contributed by atoms with E-state index in [1.54, 1.807) is 0 Å². The number of piperidine rings is 1. The maximum Gasteiger partial charge on any atom is 0.226 e. The van der Waals surface area contributed by atoms with Crippen molar-refractivity contribution >= 4 is 17.5 Å². The van der Waals surface area contributed by atoms with Crippen LogP contribution in [0.2, 0.25) is 5.02 Å². The lowest BCUT2D eigenvalue weighted by molar-refractivity contribution is -0.133. The Labute approximate surface area is 126 Å². The molecule has 1 aromatic rings. The molecule has 20 heavy (non-hydrogen) atoms. The van der Waals surface area contributed by atoms with Gasteiger partial charge in [-0.1, -0.05) is 37.1 Å². The molecule has 110 valence electrons. The van der Waals surface area contributed by atoms with Crippen LogP contribution in [0.15, 0.2) is 24.3 Å². The van der Waals surface area contributed by atoms with Crippen LogP contribution in [-0.4, -0.2) is 19.0 Å². The van der Waals surface area contributed by atoms with Gasteiger partial charge in [0.1, 0.15) is 0 Å². The zero-order valence-corrected chi connectivity index (χ0v) is 12.8. The van der Waals surface area contributed by atoms with Crippen molar-refractivity contribution in [2.24, 2.45) is 5.41 Å². The summed E-state index contributed by atoms with van der Waals surface area (Å²) in [6, 6.07) is 7.62. The second-order valence-corrected chi connectivity index (χ2v) is 6.03. The standard InChI is InChI=1S/C16H23ClN2O/c1-2-7-16(8-10-18-11-9-16)15(20)19-12-13-3-5-14(17)6-4-13/h3-6,18H,2,7-12H2,1H3,(H,19,20). The Morgan fingerprint density at radius 2 is 1.95 bits per heavy atom. The molecular weight excluding hydrogens is 272 g/mol. The third kappa shape index (κ3) is 3.74. The van der Waals surface area contributed by atoms with E-state index < -0.39 is 0 Å². The van der Waals surface area contributed by atoms with Gasteiger partial charge in [-0.2, -0.15) is 0 Å². The molecule has 1 aliphatic heterocycles. The van der Waals surface area contributed by atoms with E-state index in [4.69, 9.17) is 11.6 Å². The molecule has 1 aliphatic rings. The van der Waals surface area contributed by atoms with Gasteiger partial charge in [0.25, 0.3) is 0 Å². The zero-order chi connectivity index (χ0) is 14.4. The second kappa shape index (κ2) is 7.09. The lowest BCUT2D eigenvalue weighted by Gasteiger charge is -2.36. The predicted molar refractivity (Wildman–Crippen MR) is 82.7 cm³/mol. The first kappa shape index (κ1) is 15.3. The summed E-state index contributed by atoms with van der Waals surface area (Å²) in [6.07, 6.45) is 3.90. The number of benzene rings is 1. The van der Waals surface area contributed by atoms with Crippen LogP contribution in [0, 0.1) is 5.41 Å². The molecule has 3 nitrogen and oxygen atoms in total. The van der Waals surface area contributed by atoms with Crippen molar-refractivity contribution in [3.05, 3.63) is 34.9 Å². The molecule has 1 aromatic carbocycles. The van der Waals surface area contributed by atoms with E-state index in [-0.39, 0.29) is 11.3 Å². The number of amides is 1. The predicted octanol–water partition coefficient (Wildman–Crippen LogP) is 3.13. The Morgan fingerprint density at radius 1 is 1.30 bits per heavy atom. The Kier molecular flexibility index (Phi) is 5.44. The van der Waals surface area contributed by atoms with Gasteiger partial charge in [-0.15, -0.1) is 0 Å². The van der Waals surface area contributed by atoms with E-state index in [1.165, 1.54) is 0 Å². The van der Waals surface area contributed by atoms with Crippen LogP contribution in [0.3, 0.4) is 0 Å². The highest BCUT2D eigenvalue weighted by molar-refractivity contribution is 6.30. The molecule has 4 heteroatoms. The van der Waals surface area contributed by atoms with Crippen molar-refractivity contribution in [2.75, 3.05) is 13.1 Å². The van der Waals surface area contributed by atoms with E-state index in [9.17, 15) is 4.79 Å². The highest BCUT2D eigenvalue weighted by Crippen LogP contribution is 2.34. The van der Waals surface area contributed by atoms with Gasteiger partial charge in [0.05, 0.1) is 5.41 Å². The molecule has 0 unspecified atom stereocenters. The van der Waals surface area contributed by atoms with Gasteiger partial charge >= 0.3 is 0 Å². The third-order valence-electron chi connectivity index (χ3n) is 4.14. The molecule has 0 atom stereocenters. The van der Waals surface area contributed by atoms with E-state index in [0.29, 0.717) is 6.54 Å². The van der Waals surface area contributed by atoms with Gasteiger partial charge in [0, 0.05) is 11.6 Å². The molecule has 1 fully saturated rings. The normalized spacial score (nSPS) is 17.7. The van der Waals surface area contributed by atoms with E-state index >= 15 is 0 Å². The Balaban J connectivity index is 1.96. The monoisotopic (exact) mass is 294 g/mol. The molecule has 0 bridgehead atoms. The van der Waals surface area contributed by atoms with Gasteiger partial charge in [-0.25, -0.2) is 0 Å². The SMILES string of the molecule is CCCC1(C(=O)NCc2ccc(Cl)cc2)CCNCC1. The Hall–Kier alpha value is -1.06. The molecule has 1 heterocycles. The van der Waals surface area contributed by atoms with Gasteiger partial charge in [-0.3, -0.25) is 4.79 Å². The van der Waals surface area contributed by atoms with Crippen molar-refractivity contribution in [1.82, 2.24) is 10.6 Å². The maximum absolute atomic E-state index is 12.6. The van der Waals surface area contributed by atoms with E-state index in [2.05, 4.69) is 17.6 Å². The number of halogens is 1. The number of rotatable bonds is 5. The van der Waals surface area contributed by atoms with Crippen molar-refractivity contribution in [3.63, 3.8) is 0 Å².